The van der Waals surface area contributed by atoms with E-state index < -0.39 is 6.03 Å². The number of hydrazone groups is 1. The third kappa shape index (κ3) is 6.71. The zero-order valence-corrected chi connectivity index (χ0v) is 9.38. The summed E-state index contributed by atoms with van der Waals surface area (Å²) >= 11 is 0. The Labute approximate surface area is 98.8 Å². The molecule has 8 heteroatoms. The highest BCUT2D eigenvalue weighted by Gasteiger charge is 1.99. The van der Waals surface area contributed by atoms with Gasteiger partial charge in [-0.05, 0) is 13.0 Å². The molecule has 92 valence electrons. The van der Waals surface area contributed by atoms with Crippen molar-refractivity contribution in [2.24, 2.45) is 10.8 Å². The number of amides is 2. The third-order valence-corrected chi connectivity index (χ3v) is 1.46. The summed E-state index contributed by atoms with van der Waals surface area (Å²) in [4.78, 5) is 13.2. The second-order valence-corrected chi connectivity index (χ2v) is 2.47. The SMILES string of the molecule is C/C(=N\NC(N)=O)c1ccc[nH+]c1.O.O.[Cl-]. The average Bonchev–Trinajstić information content (AvgIpc) is 2.15. The fourth-order valence-corrected chi connectivity index (χ4v) is 0.822. The van der Waals surface area contributed by atoms with Crippen molar-refractivity contribution in [2.45, 2.75) is 6.92 Å². The summed E-state index contributed by atoms with van der Waals surface area (Å²) in [5, 5.41) is 3.77. The number of pyridine rings is 1. The molecule has 0 aliphatic carbocycles. The molecule has 0 atom stereocenters. The molecule has 0 unspecified atom stereocenters. The second-order valence-electron chi connectivity index (χ2n) is 2.47. The molecule has 0 aliphatic heterocycles. The number of rotatable bonds is 2. The molecule has 0 aromatic carbocycles. The van der Waals surface area contributed by atoms with Gasteiger partial charge < -0.3 is 29.1 Å². The van der Waals surface area contributed by atoms with Crippen LogP contribution in [0.25, 0.3) is 0 Å². The largest absolute Gasteiger partial charge is 1.00 e. The number of carbonyl (C=O) groups excluding carboxylic acids is 1. The summed E-state index contributed by atoms with van der Waals surface area (Å²) in [5.41, 5.74) is 8.60. The van der Waals surface area contributed by atoms with Gasteiger partial charge in [0.05, 0.1) is 11.3 Å². The zero-order chi connectivity index (χ0) is 9.68. The number of primary amides is 1. The summed E-state index contributed by atoms with van der Waals surface area (Å²) in [6, 6.07) is 3.05. The van der Waals surface area contributed by atoms with E-state index in [1.54, 1.807) is 19.3 Å². The first kappa shape index (κ1) is 19.8. The molecule has 0 fully saturated rings. The van der Waals surface area contributed by atoms with Gasteiger partial charge >= 0.3 is 6.03 Å². The first-order valence-electron chi connectivity index (χ1n) is 3.76. The number of carbonyl (C=O) groups is 1. The Morgan fingerprint density at radius 1 is 1.50 bits per heavy atom. The Morgan fingerprint density at radius 2 is 2.12 bits per heavy atom. The molecule has 0 aliphatic rings. The van der Waals surface area contributed by atoms with Gasteiger partial charge in [0.15, 0.2) is 12.4 Å². The highest BCUT2D eigenvalue weighted by atomic mass is 35.5. The molecule has 0 radical (unpaired) electrons. The van der Waals surface area contributed by atoms with Gasteiger partial charge in [0.25, 0.3) is 0 Å². The molecular weight excluding hydrogens is 236 g/mol. The topological polar surface area (TPSA) is 145 Å². The Hall–Kier alpha value is -1.70. The van der Waals surface area contributed by atoms with Crippen molar-refractivity contribution in [1.82, 2.24) is 5.43 Å². The number of halogens is 1. The quantitative estimate of drug-likeness (QED) is 0.394. The van der Waals surface area contributed by atoms with Gasteiger partial charge in [-0.3, -0.25) is 0 Å². The third-order valence-electron chi connectivity index (χ3n) is 1.46. The van der Waals surface area contributed by atoms with Gasteiger partial charge in [0.1, 0.15) is 0 Å². The lowest BCUT2D eigenvalue weighted by atomic mass is 10.2. The van der Waals surface area contributed by atoms with E-state index in [0.29, 0.717) is 5.71 Å². The van der Waals surface area contributed by atoms with Crippen LogP contribution in [-0.4, -0.2) is 22.7 Å². The van der Waals surface area contributed by atoms with Crippen molar-refractivity contribution in [3.63, 3.8) is 0 Å². The molecule has 0 saturated heterocycles. The van der Waals surface area contributed by atoms with E-state index in [1.165, 1.54) is 0 Å². The lowest BCUT2D eigenvalue weighted by molar-refractivity contribution is -0.378. The van der Waals surface area contributed by atoms with Crippen LogP contribution < -0.4 is 28.6 Å². The monoisotopic (exact) mass is 250 g/mol. The fourth-order valence-electron chi connectivity index (χ4n) is 0.822. The molecule has 2 amide bonds. The summed E-state index contributed by atoms with van der Waals surface area (Å²) in [6.45, 7) is 1.78. The summed E-state index contributed by atoms with van der Waals surface area (Å²) in [6.07, 6.45) is 3.57. The first-order valence-corrected chi connectivity index (χ1v) is 3.76. The minimum Gasteiger partial charge on any atom is -1.00 e. The lowest BCUT2D eigenvalue weighted by Crippen LogP contribution is -3.00. The molecular formula is C8H15ClN4O3. The second kappa shape index (κ2) is 9.84. The predicted octanol–water partition coefficient (Wildman–Crippen LogP) is -4.75. The van der Waals surface area contributed by atoms with Crippen molar-refractivity contribution in [3.05, 3.63) is 30.1 Å². The Morgan fingerprint density at radius 3 is 2.56 bits per heavy atom. The smallest absolute Gasteiger partial charge is 0.332 e. The molecule has 16 heavy (non-hydrogen) atoms. The van der Waals surface area contributed by atoms with Crippen LogP contribution in [0.5, 0.6) is 0 Å². The van der Waals surface area contributed by atoms with E-state index in [1.807, 2.05) is 12.1 Å². The summed E-state index contributed by atoms with van der Waals surface area (Å²) in [7, 11) is 0. The van der Waals surface area contributed by atoms with E-state index in [-0.39, 0.29) is 23.4 Å². The highest BCUT2D eigenvalue weighted by molar-refractivity contribution is 5.98. The molecule has 7 nitrogen and oxygen atoms in total. The first-order chi connectivity index (χ1) is 6.20. The van der Waals surface area contributed by atoms with E-state index in [0.717, 1.165) is 5.56 Å². The number of urea groups is 1. The van der Waals surface area contributed by atoms with Crippen LogP contribution in [0.3, 0.4) is 0 Å². The molecule has 1 aromatic heterocycles. The van der Waals surface area contributed by atoms with Crippen LogP contribution in [0.4, 0.5) is 4.79 Å². The van der Waals surface area contributed by atoms with Gasteiger partial charge in [0.2, 0.25) is 0 Å². The summed E-state index contributed by atoms with van der Waals surface area (Å²) < 4.78 is 0. The van der Waals surface area contributed by atoms with E-state index in [4.69, 9.17) is 5.73 Å². The maximum atomic E-state index is 10.3. The molecule has 0 spiro atoms. The van der Waals surface area contributed by atoms with E-state index in [2.05, 4.69) is 15.5 Å². The average molecular weight is 251 g/mol. The van der Waals surface area contributed by atoms with Crippen molar-refractivity contribution in [2.75, 3.05) is 0 Å². The van der Waals surface area contributed by atoms with Gasteiger partial charge in [-0.1, -0.05) is 0 Å². The van der Waals surface area contributed by atoms with Gasteiger partial charge in [0, 0.05) is 6.07 Å². The normalized spacial score (nSPS) is 8.94. The highest BCUT2D eigenvalue weighted by Crippen LogP contribution is 1.94. The minimum atomic E-state index is -0.667. The number of nitrogens with zero attached hydrogens (tertiary/aromatic N) is 1. The van der Waals surface area contributed by atoms with Gasteiger partial charge in [-0.25, -0.2) is 15.2 Å². The van der Waals surface area contributed by atoms with E-state index in [9.17, 15) is 4.79 Å². The van der Waals surface area contributed by atoms with Crippen LogP contribution in [-0.2, 0) is 0 Å². The van der Waals surface area contributed by atoms with Crippen LogP contribution in [0.15, 0.2) is 29.6 Å². The number of hydrogen-bond acceptors (Lipinski definition) is 2. The van der Waals surface area contributed by atoms with Crippen molar-refractivity contribution in [1.29, 1.82) is 0 Å². The van der Waals surface area contributed by atoms with Crippen LogP contribution in [0.2, 0.25) is 0 Å². The van der Waals surface area contributed by atoms with Crippen molar-refractivity contribution >= 4 is 11.7 Å². The maximum absolute atomic E-state index is 10.3. The lowest BCUT2D eigenvalue weighted by Gasteiger charge is -1.96. The maximum Gasteiger partial charge on any atom is 0.332 e. The summed E-state index contributed by atoms with van der Waals surface area (Å²) in [5.74, 6) is 0. The zero-order valence-electron chi connectivity index (χ0n) is 8.62. The molecule has 0 bridgehead atoms. The fraction of sp³-hybridized carbons (Fsp3) is 0.125. The number of aromatic nitrogens is 1. The van der Waals surface area contributed by atoms with Gasteiger partial charge in [-0.2, -0.15) is 5.10 Å². The van der Waals surface area contributed by atoms with Gasteiger partial charge in [-0.15, -0.1) is 0 Å². The molecule has 0 saturated carbocycles. The number of hydrogen-bond donors (Lipinski definition) is 2. The predicted molar refractivity (Wildman–Crippen MR) is 55.2 cm³/mol. The molecule has 1 rings (SSSR count). The van der Waals surface area contributed by atoms with Crippen LogP contribution in [0.1, 0.15) is 12.5 Å². The number of H-pyrrole nitrogens is 1. The number of aromatic amines is 1. The van der Waals surface area contributed by atoms with Crippen LogP contribution in [0, 0.1) is 0 Å². The molecule has 8 N–H and O–H groups in total. The Bertz CT molecular complexity index is 331. The standard InChI is InChI=1S/C8H10N4O.ClH.2H2O/c1-6(11-12-8(9)13)7-3-2-4-10-5-7;;;/h2-5H,1H3,(H3,9,12,13);1H;2*1H2/b11-6+;;;. The minimum absolute atomic E-state index is 0. The molecule has 1 heterocycles. The van der Waals surface area contributed by atoms with Crippen molar-refractivity contribution in [3.8, 4) is 0 Å². The number of nitrogens with one attached hydrogen (secondary N) is 2. The molecule has 1 aromatic rings. The van der Waals surface area contributed by atoms with Crippen LogP contribution >= 0.6 is 0 Å². The Kier molecular flexibility index (Phi) is 12.2. The number of nitrogens with two attached hydrogens (primary N) is 1. The Balaban J connectivity index is -0.000000563. The van der Waals surface area contributed by atoms with E-state index >= 15 is 0 Å². The van der Waals surface area contributed by atoms with Crippen molar-refractivity contribution < 1.29 is 33.1 Å².